The molecule has 1 heterocycles. The van der Waals surface area contributed by atoms with Gasteiger partial charge in [0.1, 0.15) is 0 Å². The average molecular weight is 296 g/mol. The Morgan fingerprint density at radius 1 is 1.42 bits per heavy atom. The molecule has 0 unspecified atom stereocenters. The number of benzene rings is 1. The molecule has 0 radical (unpaired) electrons. The number of hydrogen-bond donors (Lipinski definition) is 0. The third-order valence-electron chi connectivity index (χ3n) is 2.75. The summed E-state index contributed by atoms with van der Waals surface area (Å²) in [6, 6.07) is 9.91. The molecule has 0 bridgehead atoms. The minimum absolute atomic E-state index is 0.377. The lowest BCUT2D eigenvalue weighted by molar-refractivity contribution is 0.131. The lowest BCUT2D eigenvalue weighted by atomic mass is 10.1. The number of rotatable bonds is 3. The minimum atomic E-state index is -0.377. The SMILES string of the molecule is COC(=O)N(C)Cc1cc(-c2cccs2)ccc1Cl. The van der Waals surface area contributed by atoms with Crippen molar-refractivity contribution in [1.82, 2.24) is 4.90 Å². The number of carbonyl (C=O) groups is 1. The molecule has 0 saturated carbocycles. The summed E-state index contributed by atoms with van der Waals surface area (Å²) in [5, 5.41) is 2.68. The number of halogens is 1. The summed E-state index contributed by atoms with van der Waals surface area (Å²) < 4.78 is 4.67. The normalized spacial score (nSPS) is 10.3. The van der Waals surface area contributed by atoms with Crippen molar-refractivity contribution in [2.24, 2.45) is 0 Å². The number of ether oxygens (including phenoxy) is 1. The van der Waals surface area contributed by atoms with E-state index >= 15 is 0 Å². The van der Waals surface area contributed by atoms with Gasteiger partial charge in [0, 0.05) is 16.9 Å². The Morgan fingerprint density at radius 2 is 2.21 bits per heavy atom. The Balaban J connectivity index is 2.25. The van der Waals surface area contributed by atoms with Gasteiger partial charge in [0.15, 0.2) is 0 Å². The predicted molar refractivity (Wildman–Crippen MR) is 78.6 cm³/mol. The molecular weight excluding hydrogens is 282 g/mol. The number of thiophene rings is 1. The fourth-order valence-corrected chi connectivity index (χ4v) is 2.67. The highest BCUT2D eigenvalue weighted by Gasteiger charge is 2.12. The molecule has 0 saturated heterocycles. The number of carbonyl (C=O) groups excluding carboxylic acids is 1. The van der Waals surface area contributed by atoms with Crippen LogP contribution in [0.3, 0.4) is 0 Å². The van der Waals surface area contributed by atoms with Crippen LogP contribution in [0.25, 0.3) is 10.4 Å². The standard InChI is InChI=1S/C14H14ClNO2S/c1-16(14(17)18-2)9-11-8-10(5-6-12(11)15)13-4-3-7-19-13/h3-8H,9H2,1-2H3. The van der Waals surface area contributed by atoms with Gasteiger partial charge in [-0.15, -0.1) is 11.3 Å². The van der Waals surface area contributed by atoms with E-state index in [1.165, 1.54) is 16.9 Å². The summed E-state index contributed by atoms with van der Waals surface area (Å²) in [6.45, 7) is 0.421. The van der Waals surface area contributed by atoms with Crippen LogP contribution in [0.4, 0.5) is 4.79 Å². The highest BCUT2D eigenvalue weighted by atomic mass is 35.5. The summed E-state index contributed by atoms with van der Waals surface area (Å²) in [5.41, 5.74) is 2.01. The maximum atomic E-state index is 11.4. The quantitative estimate of drug-likeness (QED) is 0.846. The van der Waals surface area contributed by atoms with Crippen molar-refractivity contribution >= 4 is 29.0 Å². The van der Waals surface area contributed by atoms with Gasteiger partial charge in [0.25, 0.3) is 0 Å². The molecular formula is C14H14ClNO2S. The second kappa shape index (κ2) is 6.08. The average Bonchev–Trinajstić information content (AvgIpc) is 2.94. The Labute approximate surface area is 121 Å². The number of nitrogens with zero attached hydrogens (tertiary/aromatic N) is 1. The van der Waals surface area contributed by atoms with Crippen molar-refractivity contribution in [3.8, 4) is 10.4 Å². The molecule has 0 aliphatic carbocycles. The molecule has 2 rings (SSSR count). The topological polar surface area (TPSA) is 29.5 Å². The number of methoxy groups -OCH3 is 1. The monoisotopic (exact) mass is 295 g/mol. The van der Waals surface area contributed by atoms with E-state index in [2.05, 4.69) is 10.8 Å². The van der Waals surface area contributed by atoms with E-state index in [0.29, 0.717) is 11.6 Å². The van der Waals surface area contributed by atoms with Crippen LogP contribution >= 0.6 is 22.9 Å². The zero-order valence-corrected chi connectivity index (χ0v) is 12.3. The van der Waals surface area contributed by atoms with Crippen LogP contribution in [0.15, 0.2) is 35.7 Å². The number of amides is 1. The molecule has 2 aromatic rings. The Morgan fingerprint density at radius 3 is 2.84 bits per heavy atom. The van der Waals surface area contributed by atoms with Crippen molar-refractivity contribution in [3.63, 3.8) is 0 Å². The van der Waals surface area contributed by atoms with E-state index < -0.39 is 0 Å². The van der Waals surface area contributed by atoms with Crippen molar-refractivity contribution < 1.29 is 9.53 Å². The summed E-state index contributed by atoms with van der Waals surface area (Å²) in [4.78, 5) is 14.1. The molecule has 19 heavy (non-hydrogen) atoms. The highest BCUT2D eigenvalue weighted by molar-refractivity contribution is 7.13. The van der Waals surface area contributed by atoms with E-state index in [4.69, 9.17) is 11.6 Å². The largest absolute Gasteiger partial charge is 0.453 e. The summed E-state index contributed by atoms with van der Waals surface area (Å²) in [6.07, 6.45) is -0.377. The summed E-state index contributed by atoms with van der Waals surface area (Å²) in [7, 11) is 3.04. The Kier molecular flexibility index (Phi) is 4.45. The highest BCUT2D eigenvalue weighted by Crippen LogP contribution is 2.29. The molecule has 100 valence electrons. The molecule has 1 aromatic carbocycles. The van der Waals surface area contributed by atoms with Crippen LogP contribution in [0.5, 0.6) is 0 Å². The maximum absolute atomic E-state index is 11.4. The van der Waals surface area contributed by atoms with E-state index in [1.54, 1.807) is 18.4 Å². The van der Waals surface area contributed by atoms with Crippen LogP contribution in [0.2, 0.25) is 5.02 Å². The van der Waals surface area contributed by atoms with Crippen LogP contribution in [-0.4, -0.2) is 25.2 Å². The zero-order valence-electron chi connectivity index (χ0n) is 10.7. The lowest BCUT2D eigenvalue weighted by Crippen LogP contribution is -2.25. The summed E-state index contributed by atoms with van der Waals surface area (Å²) in [5.74, 6) is 0. The van der Waals surface area contributed by atoms with E-state index in [1.807, 2.05) is 29.6 Å². The van der Waals surface area contributed by atoms with Gasteiger partial charge in [-0.1, -0.05) is 23.7 Å². The van der Waals surface area contributed by atoms with E-state index in [9.17, 15) is 4.79 Å². The zero-order chi connectivity index (χ0) is 13.8. The first kappa shape index (κ1) is 13.9. The fourth-order valence-electron chi connectivity index (χ4n) is 1.77. The smallest absolute Gasteiger partial charge is 0.409 e. The molecule has 0 atom stereocenters. The first-order valence-corrected chi connectivity index (χ1v) is 6.99. The first-order valence-electron chi connectivity index (χ1n) is 5.73. The molecule has 5 heteroatoms. The molecule has 0 spiro atoms. The third-order valence-corrected chi connectivity index (χ3v) is 4.03. The van der Waals surface area contributed by atoms with E-state index in [-0.39, 0.29) is 6.09 Å². The number of hydrogen-bond acceptors (Lipinski definition) is 3. The Hall–Kier alpha value is -1.52. The maximum Gasteiger partial charge on any atom is 0.409 e. The van der Waals surface area contributed by atoms with Crippen molar-refractivity contribution in [1.29, 1.82) is 0 Å². The molecule has 0 aliphatic rings. The van der Waals surface area contributed by atoms with Gasteiger partial charge in [0.05, 0.1) is 13.7 Å². The summed E-state index contributed by atoms with van der Waals surface area (Å²) >= 11 is 7.85. The van der Waals surface area contributed by atoms with Crippen LogP contribution < -0.4 is 0 Å². The van der Waals surface area contributed by atoms with Crippen LogP contribution in [0.1, 0.15) is 5.56 Å². The molecule has 3 nitrogen and oxygen atoms in total. The van der Waals surface area contributed by atoms with Crippen LogP contribution in [0, 0.1) is 0 Å². The van der Waals surface area contributed by atoms with Crippen LogP contribution in [-0.2, 0) is 11.3 Å². The Bertz CT molecular complexity index is 569. The molecule has 0 aliphatic heterocycles. The van der Waals surface area contributed by atoms with Gasteiger partial charge in [-0.25, -0.2) is 4.79 Å². The van der Waals surface area contributed by atoms with E-state index in [0.717, 1.165) is 11.1 Å². The fraction of sp³-hybridized carbons (Fsp3) is 0.214. The van der Waals surface area contributed by atoms with Gasteiger partial charge in [-0.3, -0.25) is 0 Å². The molecule has 1 aromatic heterocycles. The van der Waals surface area contributed by atoms with Crippen molar-refractivity contribution in [3.05, 3.63) is 46.3 Å². The minimum Gasteiger partial charge on any atom is -0.453 e. The molecule has 1 amide bonds. The lowest BCUT2D eigenvalue weighted by Gasteiger charge is -2.16. The van der Waals surface area contributed by atoms with Gasteiger partial charge < -0.3 is 9.64 Å². The molecule has 0 N–H and O–H groups in total. The van der Waals surface area contributed by atoms with Gasteiger partial charge in [-0.05, 0) is 34.7 Å². The van der Waals surface area contributed by atoms with Gasteiger partial charge in [-0.2, -0.15) is 0 Å². The van der Waals surface area contributed by atoms with Crippen molar-refractivity contribution in [2.45, 2.75) is 6.54 Å². The second-order valence-corrected chi connectivity index (χ2v) is 5.46. The second-order valence-electron chi connectivity index (χ2n) is 4.11. The molecule has 0 fully saturated rings. The first-order chi connectivity index (χ1) is 9.11. The van der Waals surface area contributed by atoms with Crippen molar-refractivity contribution in [2.75, 3.05) is 14.2 Å². The predicted octanol–water partition coefficient (Wildman–Crippen LogP) is 4.27. The van der Waals surface area contributed by atoms with Gasteiger partial charge in [0.2, 0.25) is 0 Å². The third kappa shape index (κ3) is 3.28. The van der Waals surface area contributed by atoms with Gasteiger partial charge >= 0.3 is 6.09 Å².